The Morgan fingerprint density at radius 1 is 1.07 bits per heavy atom. The third-order valence-electron chi connectivity index (χ3n) is 4.28. The molecule has 0 fully saturated rings. The van der Waals surface area contributed by atoms with Crippen LogP contribution >= 0.6 is 11.6 Å². The van der Waals surface area contributed by atoms with Gasteiger partial charge >= 0.3 is 0 Å². The van der Waals surface area contributed by atoms with E-state index in [1.807, 2.05) is 36.4 Å². The summed E-state index contributed by atoms with van der Waals surface area (Å²) in [6, 6.07) is 14.4. The first-order valence-corrected chi connectivity index (χ1v) is 9.13. The van der Waals surface area contributed by atoms with Crippen molar-refractivity contribution in [2.75, 3.05) is 0 Å². The highest BCUT2D eigenvalue weighted by molar-refractivity contribution is 6.30. The molecular formula is C21H22ClN3O2. The maximum Gasteiger partial charge on any atom is 0.251 e. The largest absolute Gasteiger partial charge is 0.341 e. The van der Waals surface area contributed by atoms with Crippen molar-refractivity contribution in [1.29, 1.82) is 0 Å². The quantitative estimate of drug-likeness (QED) is 0.674. The van der Waals surface area contributed by atoms with Crippen molar-refractivity contribution in [1.82, 2.24) is 15.5 Å². The molecule has 0 aliphatic carbocycles. The van der Waals surface area contributed by atoms with E-state index in [1.165, 1.54) is 5.56 Å². The van der Waals surface area contributed by atoms with Crippen molar-refractivity contribution in [2.24, 2.45) is 0 Å². The van der Waals surface area contributed by atoms with Gasteiger partial charge in [-0.1, -0.05) is 49.7 Å². The summed E-state index contributed by atoms with van der Waals surface area (Å²) in [5, 5.41) is 7.50. The summed E-state index contributed by atoms with van der Waals surface area (Å²) in [6.45, 7) is 8.22. The Bertz CT molecular complexity index is 925. The molecule has 0 aliphatic heterocycles. The van der Waals surface area contributed by atoms with E-state index >= 15 is 0 Å². The Balaban J connectivity index is 1.69. The molecule has 1 amide bonds. The normalized spacial score (nSPS) is 12.6. The predicted molar refractivity (Wildman–Crippen MR) is 106 cm³/mol. The molecule has 1 N–H and O–H groups in total. The Morgan fingerprint density at radius 3 is 2.30 bits per heavy atom. The van der Waals surface area contributed by atoms with Gasteiger partial charge in [0.05, 0.1) is 0 Å². The van der Waals surface area contributed by atoms with Crippen molar-refractivity contribution in [2.45, 2.75) is 39.2 Å². The molecule has 1 heterocycles. The fraction of sp³-hybridized carbons (Fsp3) is 0.286. The van der Waals surface area contributed by atoms with Gasteiger partial charge in [0.2, 0.25) is 11.7 Å². The van der Waals surface area contributed by atoms with Crippen molar-refractivity contribution in [3.63, 3.8) is 0 Å². The molecule has 0 unspecified atom stereocenters. The Morgan fingerprint density at radius 2 is 1.70 bits per heavy atom. The SMILES string of the molecule is C[C@@H](NC(=O)c1ccc(C(C)(C)C)cc1)c1nc(-c2ccc(Cl)cc2)no1. The van der Waals surface area contributed by atoms with Crippen molar-refractivity contribution >= 4 is 17.5 Å². The monoisotopic (exact) mass is 383 g/mol. The zero-order valence-corrected chi connectivity index (χ0v) is 16.5. The average molecular weight is 384 g/mol. The molecule has 140 valence electrons. The summed E-state index contributed by atoms with van der Waals surface area (Å²) in [7, 11) is 0. The van der Waals surface area contributed by atoms with Crippen LogP contribution in [0.1, 0.15) is 55.5 Å². The van der Waals surface area contributed by atoms with Crippen LogP contribution in [0.4, 0.5) is 0 Å². The van der Waals surface area contributed by atoms with E-state index in [0.717, 1.165) is 5.56 Å². The second-order valence-electron chi connectivity index (χ2n) is 7.49. The van der Waals surface area contributed by atoms with Gasteiger partial charge in [0.15, 0.2) is 0 Å². The lowest BCUT2D eigenvalue weighted by Crippen LogP contribution is -2.27. The fourth-order valence-electron chi connectivity index (χ4n) is 2.59. The van der Waals surface area contributed by atoms with Gasteiger partial charge in [-0.15, -0.1) is 0 Å². The fourth-order valence-corrected chi connectivity index (χ4v) is 2.72. The van der Waals surface area contributed by atoms with Crippen LogP contribution in [-0.4, -0.2) is 16.0 Å². The van der Waals surface area contributed by atoms with Gasteiger partial charge in [0, 0.05) is 16.1 Å². The van der Waals surface area contributed by atoms with E-state index < -0.39 is 6.04 Å². The topological polar surface area (TPSA) is 68.0 Å². The summed E-state index contributed by atoms with van der Waals surface area (Å²) in [6.07, 6.45) is 0. The first kappa shape index (κ1) is 19.1. The van der Waals surface area contributed by atoms with Gasteiger partial charge in [-0.3, -0.25) is 4.79 Å². The van der Waals surface area contributed by atoms with E-state index in [0.29, 0.717) is 22.3 Å². The Labute approximate surface area is 163 Å². The first-order chi connectivity index (χ1) is 12.7. The number of halogens is 1. The van der Waals surface area contributed by atoms with E-state index in [1.54, 1.807) is 19.1 Å². The summed E-state index contributed by atoms with van der Waals surface area (Å²) >= 11 is 5.89. The summed E-state index contributed by atoms with van der Waals surface area (Å²) in [4.78, 5) is 16.9. The van der Waals surface area contributed by atoms with E-state index in [9.17, 15) is 4.79 Å². The van der Waals surface area contributed by atoms with Crippen molar-refractivity contribution in [3.05, 3.63) is 70.6 Å². The maximum absolute atomic E-state index is 12.5. The zero-order valence-electron chi connectivity index (χ0n) is 15.8. The number of carbonyl (C=O) groups is 1. The number of nitrogens with one attached hydrogen (secondary N) is 1. The summed E-state index contributed by atoms with van der Waals surface area (Å²) in [5.74, 6) is 0.617. The number of carbonyl (C=O) groups excluding carboxylic acids is 1. The maximum atomic E-state index is 12.5. The minimum atomic E-state index is -0.409. The lowest BCUT2D eigenvalue weighted by Gasteiger charge is -2.19. The number of amides is 1. The number of nitrogens with zero attached hydrogens (tertiary/aromatic N) is 2. The highest BCUT2D eigenvalue weighted by Gasteiger charge is 2.19. The number of hydrogen-bond acceptors (Lipinski definition) is 4. The van der Waals surface area contributed by atoms with Crippen LogP contribution in [-0.2, 0) is 5.41 Å². The molecule has 2 aromatic carbocycles. The molecule has 27 heavy (non-hydrogen) atoms. The van der Waals surface area contributed by atoms with E-state index in [2.05, 4.69) is 36.2 Å². The van der Waals surface area contributed by atoms with Crippen molar-refractivity contribution < 1.29 is 9.32 Å². The molecule has 5 nitrogen and oxygen atoms in total. The smallest absolute Gasteiger partial charge is 0.251 e. The van der Waals surface area contributed by atoms with Gasteiger partial charge < -0.3 is 9.84 Å². The van der Waals surface area contributed by atoms with Crippen LogP contribution in [0.2, 0.25) is 5.02 Å². The molecule has 0 radical (unpaired) electrons. The van der Waals surface area contributed by atoms with Gasteiger partial charge in [-0.25, -0.2) is 0 Å². The molecule has 1 atom stereocenters. The van der Waals surface area contributed by atoms with Gasteiger partial charge in [0.25, 0.3) is 5.91 Å². The zero-order chi connectivity index (χ0) is 19.6. The Kier molecular flexibility index (Phi) is 5.33. The van der Waals surface area contributed by atoms with Crippen LogP contribution in [0.15, 0.2) is 53.1 Å². The second-order valence-corrected chi connectivity index (χ2v) is 7.92. The number of hydrogen-bond donors (Lipinski definition) is 1. The Hall–Kier alpha value is -2.66. The minimum absolute atomic E-state index is 0.0458. The molecule has 1 aromatic heterocycles. The first-order valence-electron chi connectivity index (χ1n) is 8.75. The van der Waals surface area contributed by atoms with Crippen LogP contribution in [0, 0.1) is 0 Å². The highest BCUT2D eigenvalue weighted by Crippen LogP contribution is 2.23. The average Bonchev–Trinajstić information content (AvgIpc) is 3.12. The third-order valence-corrected chi connectivity index (χ3v) is 4.53. The molecule has 3 aromatic rings. The molecule has 0 saturated carbocycles. The molecule has 0 spiro atoms. The van der Waals surface area contributed by atoms with Gasteiger partial charge in [0.1, 0.15) is 6.04 Å². The minimum Gasteiger partial charge on any atom is -0.341 e. The van der Waals surface area contributed by atoms with Gasteiger partial charge in [-0.2, -0.15) is 4.98 Å². The number of rotatable bonds is 4. The molecule has 6 heteroatoms. The van der Waals surface area contributed by atoms with Crippen LogP contribution in [0.5, 0.6) is 0 Å². The summed E-state index contributed by atoms with van der Waals surface area (Å²) in [5.41, 5.74) is 2.61. The van der Waals surface area contributed by atoms with E-state index in [4.69, 9.17) is 16.1 Å². The molecule has 0 bridgehead atoms. The molecular weight excluding hydrogens is 362 g/mol. The van der Waals surface area contributed by atoms with Crippen LogP contribution in [0.3, 0.4) is 0 Å². The lowest BCUT2D eigenvalue weighted by atomic mass is 9.86. The third kappa shape index (κ3) is 4.55. The molecule has 3 rings (SSSR count). The second kappa shape index (κ2) is 7.53. The number of benzene rings is 2. The van der Waals surface area contributed by atoms with E-state index in [-0.39, 0.29) is 11.3 Å². The number of aromatic nitrogens is 2. The molecule has 0 aliphatic rings. The standard InChI is InChI=1S/C21H22ClN3O2/c1-13(20-24-18(25-27-20)14-7-11-17(22)12-8-14)23-19(26)15-5-9-16(10-6-15)21(2,3)4/h5-13H,1-4H3,(H,23,26)/t13-/m1/s1. The highest BCUT2D eigenvalue weighted by atomic mass is 35.5. The van der Waals surface area contributed by atoms with Crippen LogP contribution < -0.4 is 5.32 Å². The van der Waals surface area contributed by atoms with Gasteiger partial charge in [-0.05, 0) is 54.3 Å². The van der Waals surface area contributed by atoms with Crippen molar-refractivity contribution in [3.8, 4) is 11.4 Å². The summed E-state index contributed by atoms with van der Waals surface area (Å²) < 4.78 is 5.30. The van der Waals surface area contributed by atoms with Crippen LogP contribution in [0.25, 0.3) is 11.4 Å². The predicted octanol–water partition coefficient (Wildman–Crippen LogP) is 5.18. The molecule has 0 saturated heterocycles. The lowest BCUT2D eigenvalue weighted by molar-refractivity contribution is 0.0932.